The number of piperidine rings is 1. The minimum absolute atomic E-state index is 0.0265. The molecule has 3 rings (SSSR count). The second-order valence-corrected chi connectivity index (χ2v) is 7.00. The molecule has 1 unspecified atom stereocenters. The maximum Gasteiger partial charge on any atom is 0.291 e. The van der Waals surface area contributed by atoms with E-state index in [1.165, 1.54) is 6.39 Å². The van der Waals surface area contributed by atoms with E-state index in [0.29, 0.717) is 30.2 Å². The van der Waals surface area contributed by atoms with E-state index < -0.39 is 0 Å². The summed E-state index contributed by atoms with van der Waals surface area (Å²) >= 11 is 6.07. The van der Waals surface area contributed by atoms with Gasteiger partial charge in [-0.05, 0) is 43.9 Å². The van der Waals surface area contributed by atoms with E-state index >= 15 is 0 Å². The molecular formula is C18H21ClN2O3. The third-order valence-corrected chi connectivity index (χ3v) is 4.93. The van der Waals surface area contributed by atoms with E-state index in [9.17, 15) is 9.90 Å². The Bertz CT molecular complexity index is 731. The quantitative estimate of drug-likeness (QED) is 0.922. The molecule has 2 heterocycles. The minimum Gasteiger partial charge on any atom is -0.438 e. The Hall–Kier alpha value is -1.85. The summed E-state index contributed by atoms with van der Waals surface area (Å²) in [5.74, 6) is 0.125. The highest BCUT2D eigenvalue weighted by Crippen LogP contribution is 2.34. The van der Waals surface area contributed by atoms with E-state index in [1.807, 2.05) is 24.3 Å². The van der Waals surface area contributed by atoms with Crippen molar-refractivity contribution in [2.24, 2.45) is 5.41 Å². The van der Waals surface area contributed by atoms with Gasteiger partial charge in [-0.1, -0.05) is 23.7 Å². The number of aliphatic hydroxyl groups excluding tert-OH is 1. The van der Waals surface area contributed by atoms with Gasteiger partial charge in [0, 0.05) is 23.5 Å². The van der Waals surface area contributed by atoms with Crippen molar-refractivity contribution >= 4 is 17.5 Å². The minimum atomic E-state index is -0.355. The number of oxazole rings is 1. The fourth-order valence-electron chi connectivity index (χ4n) is 3.44. The summed E-state index contributed by atoms with van der Waals surface area (Å²) in [6, 6.07) is 7.66. The predicted molar refractivity (Wildman–Crippen MR) is 91.1 cm³/mol. The normalized spacial score (nSPS) is 21.0. The van der Waals surface area contributed by atoms with Crippen LogP contribution < -0.4 is 0 Å². The molecule has 1 fully saturated rings. The first-order chi connectivity index (χ1) is 11.5. The van der Waals surface area contributed by atoms with Gasteiger partial charge in [-0.3, -0.25) is 4.79 Å². The van der Waals surface area contributed by atoms with Gasteiger partial charge in [0.25, 0.3) is 5.91 Å². The SMILES string of the molecule is Cc1ncoc1C(=O)N1CCCC(CO)(Cc2cccc(Cl)c2)C1. The summed E-state index contributed by atoms with van der Waals surface area (Å²) in [5.41, 5.74) is 1.31. The van der Waals surface area contributed by atoms with Gasteiger partial charge in [0.1, 0.15) is 0 Å². The number of nitrogens with zero attached hydrogens (tertiary/aromatic N) is 2. The number of halogens is 1. The molecular weight excluding hydrogens is 328 g/mol. The van der Waals surface area contributed by atoms with Crippen LogP contribution in [0.2, 0.25) is 5.02 Å². The fraction of sp³-hybridized carbons (Fsp3) is 0.444. The number of amides is 1. The number of aryl methyl sites for hydroxylation is 1. The lowest BCUT2D eigenvalue weighted by molar-refractivity contribution is 0.0252. The summed E-state index contributed by atoms with van der Waals surface area (Å²) in [6.45, 7) is 2.94. The van der Waals surface area contributed by atoms with E-state index in [4.69, 9.17) is 16.0 Å². The lowest BCUT2D eigenvalue weighted by Crippen LogP contribution is -2.49. The van der Waals surface area contributed by atoms with Gasteiger partial charge in [-0.15, -0.1) is 0 Å². The van der Waals surface area contributed by atoms with Crippen molar-refractivity contribution in [3.8, 4) is 0 Å². The van der Waals surface area contributed by atoms with Crippen molar-refractivity contribution in [2.75, 3.05) is 19.7 Å². The van der Waals surface area contributed by atoms with E-state index in [-0.39, 0.29) is 23.7 Å². The van der Waals surface area contributed by atoms with Gasteiger partial charge in [-0.2, -0.15) is 0 Å². The van der Waals surface area contributed by atoms with Crippen LogP contribution in [0.3, 0.4) is 0 Å². The van der Waals surface area contributed by atoms with Gasteiger partial charge in [0.2, 0.25) is 5.76 Å². The van der Waals surface area contributed by atoms with Crippen LogP contribution in [0.25, 0.3) is 0 Å². The average Bonchev–Trinajstić information content (AvgIpc) is 3.00. The summed E-state index contributed by atoms with van der Waals surface area (Å²) in [6.07, 6.45) is 3.69. The Labute approximate surface area is 146 Å². The zero-order valence-electron chi connectivity index (χ0n) is 13.7. The van der Waals surface area contributed by atoms with Crippen LogP contribution in [0.1, 0.15) is 34.7 Å². The molecule has 1 aliphatic heterocycles. The van der Waals surface area contributed by atoms with Crippen molar-refractivity contribution in [1.82, 2.24) is 9.88 Å². The first kappa shape index (κ1) is 17.0. The molecule has 0 spiro atoms. The molecule has 0 radical (unpaired) electrons. The highest BCUT2D eigenvalue weighted by molar-refractivity contribution is 6.30. The van der Waals surface area contributed by atoms with Crippen molar-refractivity contribution in [1.29, 1.82) is 0 Å². The Morgan fingerprint density at radius 2 is 2.33 bits per heavy atom. The van der Waals surface area contributed by atoms with Crippen molar-refractivity contribution in [3.05, 3.63) is 52.7 Å². The lowest BCUT2D eigenvalue weighted by atomic mass is 9.75. The van der Waals surface area contributed by atoms with E-state index in [1.54, 1.807) is 11.8 Å². The molecule has 24 heavy (non-hydrogen) atoms. The molecule has 0 bridgehead atoms. The van der Waals surface area contributed by atoms with Crippen LogP contribution in [0.5, 0.6) is 0 Å². The molecule has 0 aliphatic carbocycles. The molecule has 0 saturated carbocycles. The molecule has 1 aliphatic rings. The number of carbonyl (C=O) groups is 1. The third-order valence-electron chi connectivity index (χ3n) is 4.69. The molecule has 1 atom stereocenters. The summed E-state index contributed by atoms with van der Waals surface area (Å²) < 4.78 is 5.23. The van der Waals surface area contributed by atoms with Crippen LogP contribution in [-0.4, -0.2) is 40.6 Å². The Kier molecular flexibility index (Phi) is 4.92. The molecule has 128 valence electrons. The highest BCUT2D eigenvalue weighted by atomic mass is 35.5. The van der Waals surface area contributed by atoms with Crippen LogP contribution in [-0.2, 0) is 6.42 Å². The molecule has 1 N–H and O–H groups in total. The first-order valence-corrected chi connectivity index (χ1v) is 8.45. The molecule has 6 heteroatoms. The third kappa shape index (κ3) is 3.47. The smallest absolute Gasteiger partial charge is 0.291 e. The van der Waals surface area contributed by atoms with Crippen LogP contribution in [0.4, 0.5) is 0 Å². The van der Waals surface area contributed by atoms with Gasteiger partial charge >= 0.3 is 0 Å². The second-order valence-electron chi connectivity index (χ2n) is 6.56. The molecule has 1 aromatic heterocycles. The van der Waals surface area contributed by atoms with Gasteiger partial charge in [0.05, 0.1) is 12.3 Å². The Morgan fingerprint density at radius 1 is 1.50 bits per heavy atom. The first-order valence-electron chi connectivity index (χ1n) is 8.08. The van der Waals surface area contributed by atoms with E-state index in [0.717, 1.165) is 18.4 Å². The average molecular weight is 349 g/mol. The van der Waals surface area contributed by atoms with Gasteiger partial charge in [-0.25, -0.2) is 4.98 Å². The zero-order valence-corrected chi connectivity index (χ0v) is 14.4. The zero-order chi connectivity index (χ0) is 17.2. The van der Waals surface area contributed by atoms with Crippen molar-refractivity contribution in [3.63, 3.8) is 0 Å². The number of likely N-dealkylation sites (tertiary alicyclic amines) is 1. The topological polar surface area (TPSA) is 66.6 Å². The highest BCUT2D eigenvalue weighted by Gasteiger charge is 2.38. The standard InChI is InChI=1S/C18H21ClN2O3/c1-13-16(24-12-20-13)17(23)21-7-3-6-18(10-21,11-22)9-14-4-2-5-15(19)8-14/h2,4-5,8,12,22H,3,6-7,9-11H2,1H3. The lowest BCUT2D eigenvalue weighted by Gasteiger charge is -2.41. The largest absolute Gasteiger partial charge is 0.438 e. The number of aromatic nitrogens is 1. The summed E-state index contributed by atoms with van der Waals surface area (Å²) in [5, 5.41) is 10.7. The second kappa shape index (κ2) is 6.95. The number of carbonyl (C=O) groups excluding carboxylic acids is 1. The van der Waals surface area contributed by atoms with Crippen LogP contribution >= 0.6 is 11.6 Å². The molecule has 1 amide bonds. The molecule has 2 aromatic rings. The monoisotopic (exact) mass is 348 g/mol. The van der Waals surface area contributed by atoms with Gasteiger partial charge in [0.15, 0.2) is 6.39 Å². The number of benzene rings is 1. The molecule has 1 saturated heterocycles. The fourth-order valence-corrected chi connectivity index (χ4v) is 3.65. The number of rotatable bonds is 4. The van der Waals surface area contributed by atoms with Crippen molar-refractivity contribution < 1.29 is 14.3 Å². The predicted octanol–water partition coefficient (Wildman–Crippen LogP) is 3.09. The van der Waals surface area contributed by atoms with Crippen LogP contribution in [0, 0.1) is 12.3 Å². The van der Waals surface area contributed by atoms with E-state index in [2.05, 4.69) is 4.98 Å². The Balaban J connectivity index is 1.79. The maximum absolute atomic E-state index is 12.7. The molecule has 1 aromatic carbocycles. The summed E-state index contributed by atoms with van der Waals surface area (Å²) in [4.78, 5) is 18.4. The number of aliphatic hydroxyl groups is 1. The van der Waals surface area contributed by atoms with Crippen molar-refractivity contribution in [2.45, 2.75) is 26.2 Å². The number of hydrogen-bond acceptors (Lipinski definition) is 4. The van der Waals surface area contributed by atoms with Crippen LogP contribution in [0.15, 0.2) is 35.1 Å². The maximum atomic E-state index is 12.7. The summed E-state index contributed by atoms with van der Waals surface area (Å²) in [7, 11) is 0. The Morgan fingerprint density at radius 3 is 3.00 bits per heavy atom. The molecule has 5 nitrogen and oxygen atoms in total. The number of hydrogen-bond donors (Lipinski definition) is 1. The van der Waals surface area contributed by atoms with Gasteiger partial charge < -0.3 is 14.4 Å².